The second-order valence-electron chi connectivity index (χ2n) is 5.35. The molecule has 0 N–H and O–H groups in total. The van der Waals surface area contributed by atoms with E-state index in [2.05, 4.69) is 6.92 Å². The molecule has 0 unspecified atom stereocenters. The Morgan fingerprint density at radius 1 is 1.24 bits per heavy atom. The van der Waals surface area contributed by atoms with Crippen molar-refractivity contribution in [2.45, 2.75) is 39.0 Å². The van der Waals surface area contributed by atoms with Crippen molar-refractivity contribution < 1.29 is 14.7 Å². The number of nitrogens with zero attached hydrogens (tertiary/aromatic N) is 1. The number of carboxylic acids is 1. The third-order valence-electron chi connectivity index (χ3n) is 4.08. The van der Waals surface area contributed by atoms with Crippen molar-refractivity contribution in [3.8, 4) is 0 Å². The molecule has 1 heterocycles. The minimum Gasteiger partial charge on any atom is -0.550 e. The maximum Gasteiger partial charge on any atom is 0.225 e. The van der Waals surface area contributed by atoms with Crippen molar-refractivity contribution in [1.82, 2.24) is 4.90 Å². The van der Waals surface area contributed by atoms with Crippen molar-refractivity contribution in [2.24, 2.45) is 17.8 Å². The minimum atomic E-state index is -0.963. The van der Waals surface area contributed by atoms with Gasteiger partial charge in [0.2, 0.25) is 5.91 Å². The molecule has 2 atom stereocenters. The number of amides is 1. The van der Waals surface area contributed by atoms with Gasteiger partial charge in [0.1, 0.15) is 0 Å². The monoisotopic (exact) mass is 238 g/mol. The number of likely N-dealkylation sites (tertiary alicyclic amines) is 1. The lowest BCUT2D eigenvalue weighted by Gasteiger charge is -2.38. The Balaban J connectivity index is 1.91. The second-order valence-corrected chi connectivity index (χ2v) is 5.35. The van der Waals surface area contributed by atoms with E-state index in [0.717, 1.165) is 38.8 Å². The van der Waals surface area contributed by atoms with Crippen LogP contribution in [0, 0.1) is 17.8 Å². The molecule has 4 nitrogen and oxygen atoms in total. The molecular formula is C13H20NO3-. The number of carbonyl (C=O) groups excluding carboxylic acids is 2. The first-order valence-corrected chi connectivity index (χ1v) is 6.60. The molecule has 1 aliphatic heterocycles. The van der Waals surface area contributed by atoms with Crippen LogP contribution >= 0.6 is 0 Å². The summed E-state index contributed by atoms with van der Waals surface area (Å²) in [5.74, 6) is 0.105. The summed E-state index contributed by atoms with van der Waals surface area (Å²) < 4.78 is 0. The quantitative estimate of drug-likeness (QED) is 0.712. The van der Waals surface area contributed by atoms with Crippen LogP contribution in [0.3, 0.4) is 0 Å². The van der Waals surface area contributed by atoms with Crippen molar-refractivity contribution in [3.05, 3.63) is 0 Å². The fourth-order valence-electron chi connectivity index (χ4n) is 2.81. The van der Waals surface area contributed by atoms with Crippen molar-refractivity contribution >= 4 is 11.9 Å². The van der Waals surface area contributed by atoms with Crippen LogP contribution in [-0.2, 0) is 9.59 Å². The first-order chi connectivity index (χ1) is 8.11. The lowest BCUT2D eigenvalue weighted by molar-refractivity contribution is -0.307. The third kappa shape index (κ3) is 2.99. The summed E-state index contributed by atoms with van der Waals surface area (Å²) in [6, 6.07) is 0. The standard InChI is InChI=1S/C13H21NO3/c1-2-9-8-14(13(17)10-3-4-10)6-5-11(9)7-12(15)16/h9-11H,2-8H2,1H3,(H,15,16)/p-1/t9-,11-/m0/s1. The Labute approximate surface area is 102 Å². The van der Waals surface area contributed by atoms with E-state index >= 15 is 0 Å². The van der Waals surface area contributed by atoms with Crippen LogP contribution < -0.4 is 5.11 Å². The van der Waals surface area contributed by atoms with Gasteiger partial charge in [-0.2, -0.15) is 0 Å². The smallest absolute Gasteiger partial charge is 0.225 e. The highest BCUT2D eigenvalue weighted by Crippen LogP contribution is 2.35. The molecule has 96 valence electrons. The van der Waals surface area contributed by atoms with E-state index in [9.17, 15) is 14.7 Å². The minimum absolute atomic E-state index is 0.143. The molecule has 2 aliphatic rings. The number of carboxylic acid groups (broad SMARTS) is 1. The van der Waals surface area contributed by atoms with Gasteiger partial charge in [0, 0.05) is 25.0 Å². The lowest BCUT2D eigenvalue weighted by Crippen LogP contribution is -2.45. The van der Waals surface area contributed by atoms with E-state index in [0.29, 0.717) is 5.92 Å². The van der Waals surface area contributed by atoms with E-state index in [4.69, 9.17) is 0 Å². The molecule has 1 amide bonds. The lowest BCUT2D eigenvalue weighted by atomic mass is 9.81. The summed E-state index contributed by atoms with van der Waals surface area (Å²) in [5, 5.41) is 10.7. The van der Waals surface area contributed by atoms with Crippen LogP contribution in [0.5, 0.6) is 0 Å². The molecule has 0 spiro atoms. The largest absolute Gasteiger partial charge is 0.550 e. The summed E-state index contributed by atoms with van der Waals surface area (Å²) in [5.41, 5.74) is 0. The Bertz CT molecular complexity index is 312. The molecule has 0 aromatic carbocycles. The fraction of sp³-hybridized carbons (Fsp3) is 0.846. The molecule has 1 aliphatic carbocycles. The van der Waals surface area contributed by atoms with Crippen molar-refractivity contribution in [1.29, 1.82) is 0 Å². The Morgan fingerprint density at radius 3 is 2.47 bits per heavy atom. The summed E-state index contributed by atoms with van der Waals surface area (Å²) >= 11 is 0. The predicted molar refractivity (Wildman–Crippen MR) is 60.8 cm³/mol. The van der Waals surface area contributed by atoms with E-state index in [1.54, 1.807) is 0 Å². The average molecular weight is 238 g/mol. The first-order valence-electron chi connectivity index (χ1n) is 6.60. The highest BCUT2D eigenvalue weighted by molar-refractivity contribution is 5.81. The van der Waals surface area contributed by atoms with Gasteiger partial charge >= 0.3 is 0 Å². The number of rotatable bonds is 4. The van der Waals surface area contributed by atoms with Crippen LogP contribution in [0.4, 0.5) is 0 Å². The number of hydrogen-bond donors (Lipinski definition) is 0. The number of hydrogen-bond acceptors (Lipinski definition) is 3. The van der Waals surface area contributed by atoms with E-state index < -0.39 is 5.97 Å². The summed E-state index contributed by atoms with van der Waals surface area (Å²) in [6.07, 6.45) is 3.96. The van der Waals surface area contributed by atoms with Crippen LogP contribution in [0.25, 0.3) is 0 Å². The van der Waals surface area contributed by atoms with Gasteiger partial charge in [-0.3, -0.25) is 4.79 Å². The molecule has 17 heavy (non-hydrogen) atoms. The van der Waals surface area contributed by atoms with Crippen LogP contribution in [-0.4, -0.2) is 29.9 Å². The van der Waals surface area contributed by atoms with Crippen LogP contribution in [0.1, 0.15) is 39.0 Å². The number of aliphatic carboxylic acids is 1. The normalized spacial score (nSPS) is 29.1. The maximum atomic E-state index is 11.9. The Kier molecular flexibility index (Phi) is 3.69. The van der Waals surface area contributed by atoms with Gasteiger partial charge in [0.25, 0.3) is 0 Å². The predicted octanol–water partition coefficient (Wildman–Crippen LogP) is 0.411. The Morgan fingerprint density at radius 2 is 1.94 bits per heavy atom. The average Bonchev–Trinajstić information content (AvgIpc) is 3.11. The molecule has 0 radical (unpaired) electrons. The topological polar surface area (TPSA) is 60.4 Å². The van der Waals surface area contributed by atoms with Gasteiger partial charge in [-0.15, -0.1) is 0 Å². The van der Waals surface area contributed by atoms with Gasteiger partial charge in [-0.05, 0) is 37.5 Å². The third-order valence-corrected chi connectivity index (χ3v) is 4.08. The Hall–Kier alpha value is -1.06. The fourth-order valence-corrected chi connectivity index (χ4v) is 2.81. The van der Waals surface area contributed by atoms with E-state index in [-0.39, 0.29) is 24.2 Å². The first kappa shape index (κ1) is 12.4. The molecule has 4 heteroatoms. The van der Waals surface area contributed by atoms with Crippen molar-refractivity contribution in [2.75, 3.05) is 13.1 Å². The molecule has 0 bridgehead atoms. The molecule has 0 aromatic rings. The molecule has 1 saturated carbocycles. The maximum absolute atomic E-state index is 11.9. The van der Waals surface area contributed by atoms with Gasteiger partial charge in [-0.1, -0.05) is 13.3 Å². The highest BCUT2D eigenvalue weighted by Gasteiger charge is 2.37. The highest BCUT2D eigenvalue weighted by atomic mass is 16.4. The zero-order chi connectivity index (χ0) is 12.4. The van der Waals surface area contributed by atoms with Crippen LogP contribution in [0.2, 0.25) is 0 Å². The number of piperidine rings is 1. The van der Waals surface area contributed by atoms with Gasteiger partial charge in [0.15, 0.2) is 0 Å². The van der Waals surface area contributed by atoms with E-state index in [1.165, 1.54) is 0 Å². The summed E-state index contributed by atoms with van der Waals surface area (Å²) in [7, 11) is 0. The SMILES string of the molecule is CC[C@H]1CN(C(=O)C2CC2)CC[C@H]1CC(=O)[O-]. The summed E-state index contributed by atoms with van der Waals surface area (Å²) in [4.78, 5) is 24.6. The van der Waals surface area contributed by atoms with Gasteiger partial charge < -0.3 is 14.8 Å². The zero-order valence-corrected chi connectivity index (χ0v) is 10.4. The number of carbonyl (C=O) groups is 2. The van der Waals surface area contributed by atoms with Gasteiger partial charge in [-0.25, -0.2) is 0 Å². The van der Waals surface area contributed by atoms with Crippen LogP contribution in [0.15, 0.2) is 0 Å². The molecule has 0 aromatic heterocycles. The zero-order valence-electron chi connectivity index (χ0n) is 10.4. The molecule has 2 fully saturated rings. The van der Waals surface area contributed by atoms with Crippen molar-refractivity contribution in [3.63, 3.8) is 0 Å². The molecular weight excluding hydrogens is 218 g/mol. The molecule has 1 saturated heterocycles. The van der Waals surface area contributed by atoms with Gasteiger partial charge in [0.05, 0.1) is 0 Å². The summed E-state index contributed by atoms with van der Waals surface area (Å²) in [6.45, 7) is 3.53. The molecule has 2 rings (SSSR count). The second kappa shape index (κ2) is 5.07. The van der Waals surface area contributed by atoms with E-state index in [1.807, 2.05) is 4.90 Å².